The quantitative estimate of drug-likeness (QED) is 0.475. The molecular formula is AlBaCaFeSi. The first-order valence-corrected chi connectivity index (χ1v) is 0. The largest absolute Gasteiger partial charge is 0 e. The van der Waals surface area contributed by atoms with Crippen LogP contribution in [0.25, 0.3) is 0 Å². The second-order valence-electron chi connectivity index (χ2n) is 0. The monoisotopic (exact) mass is 289 g/mol. The fourth-order valence-electron chi connectivity index (χ4n) is 0. The zero-order valence-electron chi connectivity index (χ0n) is 2.85. The van der Waals surface area contributed by atoms with Crippen LogP contribution in [0.1, 0.15) is 0 Å². The maximum atomic E-state index is 0. The Labute approximate surface area is 128 Å². The molecule has 0 atom stereocenters. The Morgan fingerprint density at radius 3 is 1.00 bits per heavy atom. The predicted octanol–water partition coefficient (Wildman–Crippen LogP) is -1.53. The molecule has 0 rings (SSSR count). The molecule has 5 heteroatoms. The van der Waals surface area contributed by atoms with Crippen LogP contribution >= 0.6 is 0 Å². The third-order valence-electron chi connectivity index (χ3n) is 0. The zero-order valence-corrected chi connectivity index (χ0v) is 12.8. The van der Waals surface area contributed by atoms with Gasteiger partial charge in [0, 0.05) is 132 Å². The first kappa shape index (κ1) is 35.5. The van der Waals surface area contributed by atoms with Crippen molar-refractivity contribution >= 4 is 115 Å². The minimum absolute atomic E-state index is 0. The first-order chi connectivity index (χ1) is 0. The van der Waals surface area contributed by atoms with Crippen molar-refractivity contribution in [1.82, 2.24) is 0 Å². The molecule has 0 aromatic carbocycles. The van der Waals surface area contributed by atoms with E-state index < -0.39 is 0 Å². The van der Waals surface area contributed by atoms with E-state index in [0.717, 1.165) is 0 Å². The molecule has 0 saturated heterocycles. The topological polar surface area (TPSA) is 0 Å². The van der Waals surface area contributed by atoms with E-state index in [9.17, 15) is 0 Å². The van der Waals surface area contributed by atoms with Gasteiger partial charge >= 0.3 is 0 Å². The molecule has 19 valence electrons. The van der Waals surface area contributed by atoms with Gasteiger partial charge in [-0.3, -0.25) is 0 Å². The fraction of sp³-hybridized carbons (Fsp3) is 0. The van der Waals surface area contributed by atoms with Crippen molar-refractivity contribution in [3.63, 3.8) is 0 Å². The van der Waals surface area contributed by atoms with Crippen LogP contribution in [-0.2, 0) is 17.1 Å². The maximum Gasteiger partial charge on any atom is 0 e. The average molecular weight is 288 g/mol. The smallest absolute Gasteiger partial charge is 0 e. The van der Waals surface area contributed by atoms with Gasteiger partial charge in [0.1, 0.15) is 0 Å². The molecule has 0 aromatic rings. The second kappa shape index (κ2) is 24.3. The van der Waals surface area contributed by atoms with Gasteiger partial charge in [0.2, 0.25) is 0 Å². The van der Waals surface area contributed by atoms with Crippen LogP contribution < -0.4 is 0 Å². The van der Waals surface area contributed by atoms with E-state index in [4.69, 9.17) is 0 Å². The Balaban J connectivity index is 0. The summed E-state index contributed by atoms with van der Waals surface area (Å²) in [4.78, 5) is 0. The summed E-state index contributed by atoms with van der Waals surface area (Å²) in [5, 5.41) is 0. The van der Waals surface area contributed by atoms with E-state index in [1.165, 1.54) is 0 Å². The molecule has 0 amide bonds. The van der Waals surface area contributed by atoms with E-state index in [2.05, 4.69) is 0 Å². The van der Waals surface area contributed by atoms with Gasteiger partial charge in [-0.1, -0.05) is 0 Å². The Hall–Kier alpha value is 4.10. The van der Waals surface area contributed by atoms with Gasteiger partial charge in [-0.2, -0.15) is 0 Å². The van der Waals surface area contributed by atoms with E-state index in [1.54, 1.807) is 0 Å². The van der Waals surface area contributed by atoms with Gasteiger partial charge in [-0.25, -0.2) is 0 Å². The molecule has 0 fully saturated rings. The summed E-state index contributed by atoms with van der Waals surface area (Å²) in [5.74, 6) is 0. The van der Waals surface area contributed by atoms with Gasteiger partial charge < -0.3 is 0 Å². The molecule has 0 spiro atoms. The Morgan fingerprint density at radius 1 is 1.00 bits per heavy atom. The van der Waals surface area contributed by atoms with Crippen LogP contribution in [0.2, 0.25) is 0 Å². The van der Waals surface area contributed by atoms with Crippen molar-refractivity contribution < 1.29 is 17.1 Å². The zero-order chi connectivity index (χ0) is 0. The van der Waals surface area contributed by atoms with Gasteiger partial charge in [0.05, 0.1) is 0 Å². The maximum absolute atomic E-state index is 0. The molecule has 0 saturated carbocycles. The van der Waals surface area contributed by atoms with Crippen molar-refractivity contribution in [1.29, 1.82) is 0 Å². The van der Waals surface area contributed by atoms with Crippen molar-refractivity contribution in [2.45, 2.75) is 0 Å². The molecule has 0 heterocycles. The van der Waals surface area contributed by atoms with Crippen molar-refractivity contribution in [3.05, 3.63) is 0 Å². The SMILES string of the molecule is [Al].[Ba].[Ca].[Fe].[Si]. The molecule has 0 aliphatic heterocycles. The van der Waals surface area contributed by atoms with Crippen LogP contribution in [0.3, 0.4) is 0 Å². The predicted molar refractivity (Wildman–Crippen MR) is 23.0 cm³/mol. The molecule has 0 nitrogen and oxygen atoms in total. The summed E-state index contributed by atoms with van der Waals surface area (Å²) >= 11 is 0. The molecular weight excluding hydrogens is 288 g/mol. The van der Waals surface area contributed by atoms with Gasteiger partial charge in [-0.15, -0.1) is 0 Å². The Bertz CT molecular complexity index is 11.6. The van der Waals surface area contributed by atoms with Gasteiger partial charge in [0.15, 0.2) is 0 Å². The van der Waals surface area contributed by atoms with E-state index in [0.29, 0.717) is 0 Å². The number of hydrogen-bond acceptors (Lipinski definition) is 0. The van der Waals surface area contributed by atoms with Crippen LogP contribution in [0, 0.1) is 0 Å². The van der Waals surface area contributed by atoms with Crippen LogP contribution in [0.15, 0.2) is 0 Å². The summed E-state index contributed by atoms with van der Waals surface area (Å²) < 4.78 is 0. The minimum atomic E-state index is 0. The number of hydrogen-bond donors (Lipinski definition) is 0. The van der Waals surface area contributed by atoms with E-state index >= 15 is 0 Å². The molecule has 0 aliphatic carbocycles. The molecule has 0 bridgehead atoms. The van der Waals surface area contributed by atoms with Crippen molar-refractivity contribution in [2.75, 3.05) is 0 Å². The second-order valence-corrected chi connectivity index (χ2v) is 0. The molecule has 0 unspecified atom stereocenters. The third kappa shape index (κ3) is 17.9. The van der Waals surface area contributed by atoms with Gasteiger partial charge in [0.25, 0.3) is 0 Å². The Morgan fingerprint density at radius 2 is 1.00 bits per heavy atom. The van der Waals surface area contributed by atoms with Crippen molar-refractivity contribution in [2.24, 2.45) is 0 Å². The van der Waals surface area contributed by atoms with E-state index in [1.807, 2.05) is 0 Å². The fourth-order valence-corrected chi connectivity index (χ4v) is 0. The molecule has 0 aliphatic rings. The molecule has 11 radical (unpaired) electrons. The summed E-state index contributed by atoms with van der Waals surface area (Å²) in [7, 11) is 0. The van der Waals surface area contributed by atoms with Crippen LogP contribution in [0.4, 0.5) is 0 Å². The summed E-state index contributed by atoms with van der Waals surface area (Å²) in [6, 6.07) is 0. The van der Waals surface area contributed by atoms with E-state index in [-0.39, 0.29) is 132 Å². The number of rotatable bonds is 0. The summed E-state index contributed by atoms with van der Waals surface area (Å²) in [6.45, 7) is 0. The standard InChI is InChI=1S/Al.Ba.Ca.Fe.Si. The van der Waals surface area contributed by atoms with Gasteiger partial charge in [-0.05, 0) is 0 Å². The normalized spacial score (nSPS) is 0. The summed E-state index contributed by atoms with van der Waals surface area (Å²) in [6.07, 6.45) is 0. The average Bonchev–Trinajstić information content (AvgIpc) is 0. The molecule has 0 aromatic heterocycles. The van der Waals surface area contributed by atoms with Crippen LogP contribution in [-0.4, -0.2) is 115 Å². The first-order valence-electron chi connectivity index (χ1n) is 0. The summed E-state index contributed by atoms with van der Waals surface area (Å²) in [5.41, 5.74) is 0. The molecule has 0 N–H and O–H groups in total. The van der Waals surface area contributed by atoms with Crippen molar-refractivity contribution in [3.8, 4) is 0 Å². The minimum Gasteiger partial charge on any atom is 0 e. The Kier molecular flexibility index (Phi) is 173. The van der Waals surface area contributed by atoms with Crippen LogP contribution in [0.5, 0.6) is 0 Å². The molecule has 5 heavy (non-hydrogen) atoms. The third-order valence-corrected chi connectivity index (χ3v) is 0.